The van der Waals surface area contributed by atoms with E-state index in [-0.39, 0.29) is 55.2 Å². The Bertz CT molecular complexity index is 1500. The van der Waals surface area contributed by atoms with E-state index in [9.17, 15) is 19.2 Å². The van der Waals surface area contributed by atoms with Gasteiger partial charge in [0.1, 0.15) is 11.1 Å². The van der Waals surface area contributed by atoms with Crippen molar-refractivity contribution in [3.8, 4) is 11.5 Å². The van der Waals surface area contributed by atoms with Crippen LogP contribution in [0.3, 0.4) is 0 Å². The number of carbonyl (C=O) groups excluding carboxylic acids is 4. The van der Waals surface area contributed by atoms with E-state index in [1.807, 2.05) is 0 Å². The number of hydrogen-bond acceptors (Lipinski definition) is 8. The maximum Gasteiger partial charge on any atom is 0.423 e. The van der Waals surface area contributed by atoms with E-state index in [0.29, 0.717) is 35.5 Å². The third kappa shape index (κ3) is 8.16. The molecule has 14 heteroatoms. The molecule has 4 rings (SSSR count). The first kappa shape index (κ1) is 38.9. The highest BCUT2D eigenvalue weighted by Crippen LogP contribution is 2.45. The molecule has 0 heterocycles. The van der Waals surface area contributed by atoms with E-state index in [1.165, 1.54) is 0 Å². The molecule has 48 heavy (non-hydrogen) atoms. The Labute approximate surface area is 309 Å². The lowest BCUT2D eigenvalue weighted by Crippen LogP contribution is -2.28. The fourth-order valence-corrected chi connectivity index (χ4v) is 8.38. The lowest BCUT2D eigenvalue weighted by atomic mass is 9.90. The van der Waals surface area contributed by atoms with Crippen LogP contribution in [-0.2, 0) is 19.1 Å². The standard InChI is InChI=1S/C34H36Cl6O8/c1-13-7-15(3)19(17(13)5)11-45-31(41)25-27(39)21(35)9-23(37)29(25)47-33(43)34(44)48-30-24(38)10-22(36)28(40)26(30)32(42)46-12-20-16(4)8-14(2)18(20)6/h9-10,13-20H,7-8,11-12H2,1-6H3. The van der Waals surface area contributed by atoms with Crippen LogP contribution in [0, 0.1) is 47.3 Å². The van der Waals surface area contributed by atoms with Gasteiger partial charge in [-0.05, 0) is 72.3 Å². The summed E-state index contributed by atoms with van der Waals surface area (Å²) in [6, 6.07) is 2.27. The van der Waals surface area contributed by atoms with Crippen LogP contribution in [0.1, 0.15) is 75.1 Å². The third-order valence-electron chi connectivity index (χ3n) is 10.1. The normalized spacial score (nSPS) is 26.7. The number of hydrogen-bond donors (Lipinski definition) is 0. The van der Waals surface area contributed by atoms with Crippen molar-refractivity contribution in [3.63, 3.8) is 0 Å². The van der Waals surface area contributed by atoms with Crippen LogP contribution < -0.4 is 9.47 Å². The highest BCUT2D eigenvalue weighted by molar-refractivity contribution is 6.47. The molecule has 2 aliphatic carbocycles. The van der Waals surface area contributed by atoms with Gasteiger partial charge in [-0.3, -0.25) is 0 Å². The molecule has 8 unspecified atom stereocenters. The summed E-state index contributed by atoms with van der Waals surface area (Å²) in [7, 11) is 0. The summed E-state index contributed by atoms with van der Waals surface area (Å²) in [4.78, 5) is 52.8. The van der Waals surface area contributed by atoms with Crippen molar-refractivity contribution in [2.75, 3.05) is 13.2 Å². The van der Waals surface area contributed by atoms with Crippen LogP contribution >= 0.6 is 69.6 Å². The van der Waals surface area contributed by atoms with Crippen LogP contribution in [-0.4, -0.2) is 37.1 Å². The van der Waals surface area contributed by atoms with Gasteiger partial charge in [-0.2, -0.15) is 0 Å². The fourth-order valence-electron chi connectivity index (χ4n) is 6.94. The van der Waals surface area contributed by atoms with Gasteiger partial charge in [-0.1, -0.05) is 111 Å². The van der Waals surface area contributed by atoms with Crippen LogP contribution in [0.25, 0.3) is 0 Å². The Hall–Kier alpha value is -1.94. The molecular weight excluding hydrogens is 749 g/mol. The number of esters is 4. The van der Waals surface area contributed by atoms with Crippen molar-refractivity contribution in [1.82, 2.24) is 0 Å². The molecule has 0 aromatic heterocycles. The van der Waals surface area contributed by atoms with Crippen LogP contribution in [0.4, 0.5) is 0 Å². The van der Waals surface area contributed by atoms with E-state index >= 15 is 0 Å². The molecule has 2 aliphatic rings. The Morgan fingerprint density at radius 1 is 0.562 bits per heavy atom. The predicted molar refractivity (Wildman–Crippen MR) is 186 cm³/mol. The second-order valence-electron chi connectivity index (χ2n) is 13.1. The van der Waals surface area contributed by atoms with Crippen molar-refractivity contribution in [3.05, 3.63) is 53.4 Å². The highest BCUT2D eigenvalue weighted by Gasteiger charge is 2.39. The summed E-state index contributed by atoms with van der Waals surface area (Å²) >= 11 is 37.7. The maximum atomic E-state index is 13.3. The fraction of sp³-hybridized carbons (Fsp3) is 0.529. The van der Waals surface area contributed by atoms with Gasteiger partial charge < -0.3 is 18.9 Å². The van der Waals surface area contributed by atoms with Crippen molar-refractivity contribution in [1.29, 1.82) is 0 Å². The molecule has 0 aliphatic heterocycles. The average molecular weight is 785 g/mol. The molecule has 2 aromatic carbocycles. The van der Waals surface area contributed by atoms with Crippen LogP contribution in [0.15, 0.2) is 12.1 Å². The summed E-state index contributed by atoms with van der Waals surface area (Å²) in [6.45, 7) is 12.8. The first-order valence-corrected chi connectivity index (χ1v) is 17.8. The van der Waals surface area contributed by atoms with Gasteiger partial charge in [-0.25, -0.2) is 19.2 Å². The van der Waals surface area contributed by atoms with E-state index in [2.05, 4.69) is 41.5 Å². The Morgan fingerprint density at radius 2 is 0.896 bits per heavy atom. The zero-order valence-electron chi connectivity index (χ0n) is 27.1. The minimum absolute atomic E-state index is 0.0771. The zero-order chi connectivity index (χ0) is 35.8. The zero-order valence-corrected chi connectivity index (χ0v) is 31.7. The van der Waals surface area contributed by atoms with E-state index in [1.54, 1.807) is 0 Å². The van der Waals surface area contributed by atoms with E-state index in [0.717, 1.165) is 25.0 Å². The molecule has 0 radical (unpaired) electrons. The molecule has 8 nitrogen and oxygen atoms in total. The molecule has 2 fully saturated rings. The number of benzene rings is 2. The molecular formula is C34H36Cl6O8. The Morgan fingerprint density at radius 3 is 1.19 bits per heavy atom. The maximum absolute atomic E-state index is 13.3. The molecule has 2 saturated carbocycles. The minimum atomic E-state index is -1.64. The molecule has 0 saturated heterocycles. The van der Waals surface area contributed by atoms with Gasteiger partial charge in [0.2, 0.25) is 0 Å². The molecule has 0 bridgehead atoms. The number of halogens is 6. The van der Waals surface area contributed by atoms with Crippen molar-refractivity contribution in [2.24, 2.45) is 47.3 Å². The Kier molecular flexibility index (Phi) is 12.9. The largest absolute Gasteiger partial charge is 0.462 e. The minimum Gasteiger partial charge on any atom is -0.462 e. The molecule has 8 atom stereocenters. The first-order valence-electron chi connectivity index (χ1n) is 15.6. The predicted octanol–water partition coefficient (Wildman–Crippen LogP) is 10.3. The first-order chi connectivity index (χ1) is 22.4. The molecule has 0 N–H and O–H groups in total. The summed E-state index contributed by atoms with van der Waals surface area (Å²) in [5, 5.41) is -1.46. The third-order valence-corrected chi connectivity index (χ3v) is 12.3. The molecule has 262 valence electrons. The van der Waals surface area contributed by atoms with E-state index < -0.39 is 46.5 Å². The number of rotatable bonds is 8. The summed E-state index contributed by atoms with van der Waals surface area (Å²) in [5.74, 6) is -4.07. The molecule has 0 amide bonds. The van der Waals surface area contributed by atoms with Crippen molar-refractivity contribution < 1.29 is 38.1 Å². The summed E-state index contributed by atoms with van der Waals surface area (Å²) in [6.07, 6.45) is 1.97. The van der Waals surface area contributed by atoms with Gasteiger partial charge in [0.25, 0.3) is 0 Å². The summed E-state index contributed by atoms with van der Waals surface area (Å²) in [5.41, 5.74) is -0.911. The second kappa shape index (κ2) is 15.9. The average Bonchev–Trinajstić information content (AvgIpc) is 3.41. The summed E-state index contributed by atoms with van der Waals surface area (Å²) < 4.78 is 21.6. The lowest BCUT2D eigenvalue weighted by molar-refractivity contribution is -0.156. The van der Waals surface area contributed by atoms with Gasteiger partial charge in [0, 0.05) is 0 Å². The van der Waals surface area contributed by atoms with Gasteiger partial charge in [0.15, 0.2) is 11.5 Å². The molecule has 2 aromatic rings. The van der Waals surface area contributed by atoms with Gasteiger partial charge >= 0.3 is 23.9 Å². The topological polar surface area (TPSA) is 105 Å². The smallest absolute Gasteiger partial charge is 0.423 e. The van der Waals surface area contributed by atoms with Crippen LogP contribution in [0.2, 0.25) is 30.1 Å². The van der Waals surface area contributed by atoms with Crippen LogP contribution in [0.5, 0.6) is 11.5 Å². The second-order valence-corrected chi connectivity index (χ2v) is 15.5. The van der Waals surface area contributed by atoms with Crippen molar-refractivity contribution in [2.45, 2.75) is 54.4 Å². The van der Waals surface area contributed by atoms with Gasteiger partial charge in [-0.15, -0.1) is 0 Å². The lowest BCUT2D eigenvalue weighted by Gasteiger charge is -2.22. The highest BCUT2D eigenvalue weighted by atomic mass is 35.5. The van der Waals surface area contributed by atoms with Crippen molar-refractivity contribution >= 4 is 93.5 Å². The van der Waals surface area contributed by atoms with E-state index in [4.69, 9.17) is 88.6 Å². The quantitative estimate of drug-likeness (QED) is 0.113. The SMILES string of the molecule is CC1CC(C)C(COC(=O)c2c(Cl)c(Cl)cc(Cl)c2OC(=O)C(=O)Oc2c(Cl)cc(Cl)c(Cl)c2C(=O)OCC2C(C)CC(C)C2C)C1C. The number of carbonyl (C=O) groups is 4. The van der Waals surface area contributed by atoms with Gasteiger partial charge in [0.05, 0.1) is 43.3 Å². The molecule has 0 spiro atoms. The Balaban J connectivity index is 1.55. The monoisotopic (exact) mass is 782 g/mol. The number of ether oxygens (including phenoxy) is 4.